The predicted molar refractivity (Wildman–Crippen MR) is 136 cm³/mol. The average Bonchev–Trinajstić information content (AvgIpc) is 3.18. The number of hydrogen-bond acceptors (Lipinski definition) is 5. The standard InChI is InChI=1S/C26H28N4O3S/c1-15-8-7-11-21(18(15)4)30-25(32)24-23(19-9-5-6-10-20(19)27-24)28-26(30)34-14-22(31)29-12-16(2)33-17(3)13-29/h5-11,16-17,27H,12-14H2,1-4H3. The fraction of sp³-hybridized carbons (Fsp3) is 0.346. The second-order valence-electron chi connectivity index (χ2n) is 8.99. The summed E-state index contributed by atoms with van der Waals surface area (Å²) in [5.41, 5.74) is 4.67. The molecule has 0 bridgehead atoms. The van der Waals surface area contributed by atoms with E-state index in [0.717, 1.165) is 27.7 Å². The number of morpholine rings is 1. The molecule has 1 aliphatic heterocycles. The molecule has 3 heterocycles. The van der Waals surface area contributed by atoms with E-state index in [-0.39, 0.29) is 29.4 Å². The van der Waals surface area contributed by atoms with Gasteiger partial charge in [0.05, 0.1) is 23.6 Å². The second-order valence-corrected chi connectivity index (χ2v) is 9.94. The number of aromatic nitrogens is 3. The normalized spacial score (nSPS) is 18.6. The average molecular weight is 477 g/mol. The Morgan fingerprint density at radius 1 is 1.12 bits per heavy atom. The minimum atomic E-state index is -0.168. The van der Waals surface area contributed by atoms with Crippen LogP contribution in [0.2, 0.25) is 0 Å². The lowest BCUT2D eigenvalue weighted by Crippen LogP contribution is -2.48. The molecule has 0 radical (unpaired) electrons. The Morgan fingerprint density at radius 3 is 2.62 bits per heavy atom. The number of nitrogens with one attached hydrogen (secondary N) is 1. The zero-order valence-corrected chi connectivity index (χ0v) is 20.6. The molecule has 0 spiro atoms. The third kappa shape index (κ3) is 4.01. The van der Waals surface area contributed by atoms with Gasteiger partial charge in [-0.05, 0) is 51.0 Å². The highest BCUT2D eigenvalue weighted by molar-refractivity contribution is 7.99. The van der Waals surface area contributed by atoms with Gasteiger partial charge in [-0.2, -0.15) is 0 Å². The number of carbonyl (C=O) groups is 1. The molecule has 7 nitrogen and oxygen atoms in total. The fourth-order valence-electron chi connectivity index (χ4n) is 4.63. The van der Waals surface area contributed by atoms with Gasteiger partial charge in [0.15, 0.2) is 5.16 Å². The molecule has 1 N–H and O–H groups in total. The van der Waals surface area contributed by atoms with Crippen LogP contribution in [-0.4, -0.2) is 56.4 Å². The van der Waals surface area contributed by atoms with Gasteiger partial charge in [-0.15, -0.1) is 0 Å². The summed E-state index contributed by atoms with van der Waals surface area (Å²) in [7, 11) is 0. The largest absolute Gasteiger partial charge is 0.372 e. The van der Waals surface area contributed by atoms with Crippen LogP contribution in [0.25, 0.3) is 27.6 Å². The Kier molecular flexibility index (Phi) is 5.95. The summed E-state index contributed by atoms with van der Waals surface area (Å²) in [4.78, 5) is 36.9. The highest BCUT2D eigenvalue weighted by Crippen LogP contribution is 2.28. The molecule has 0 saturated carbocycles. The van der Waals surface area contributed by atoms with Crippen molar-refractivity contribution < 1.29 is 9.53 Å². The van der Waals surface area contributed by atoms with E-state index in [1.165, 1.54) is 11.8 Å². The van der Waals surface area contributed by atoms with Gasteiger partial charge in [-0.1, -0.05) is 42.1 Å². The van der Waals surface area contributed by atoms with Crippen LogP contribution in [0.4, 0.5) is 0 Å². The Hall–Kier alpha value is -3.10. The monoisotopic (exact) mass is 476 g/mol. The van der Waals surface area contributed by atoms with E-state index in [1.807, 2.05) is 75.1 Å². The number of nitrogens with zero attached hydrogens (tertiary/aromatic N) is 3. The minimum Gasteiger partial charge on any atom is -0.372 e. The first-order valence-electron chi connectivity index (χ1n) is 11.5. The first kappa shape index (κ1) is 22.7. The van der Waals surface area contributed by atoms with Crippen LogP contribution in [0.3, 0.4) is 0 Å². The summed E-state index contributed by atoms with van der Waals surface area (Å²) in [5.74, 6) is 0.220. The van der Waals surface area contributed by atoms with Crippen molar-refractivity contribution in [1.82, 2.24) is 19.4 Å². The maximum Gasteiger partial charge on any atom is 0.283 e. The summed E-state index contributed by atoms with van der Waals surface area (Å²) in [5, 5.41) is 1.41. The van der Waals surface area contributed by atoms with Crippen molar-refractivity contribution in [2.75, 3.05) is 18.8 Å². The van der Waals surface area contributed by atoms with E-state index >= 15 is 0 Å². The Morgan fingerprint density at radius 2 is 1.85 bits per heavy atom. The lowest BCUT2D eigenvalue weighted by atomic mass is 10.1. The van der Waals surface area contributed by atoms with Crippen molar-refractivity contribution in [1.29, 1.82) is 0 Å². The van der Waals surface area contributed by atoms with Gasteiger partial charge in [0.25, 0.3) is 5.56 Å². The Bertz CT molecular complexity index is 1450. The summed E-state index contributed by atoms with van der Waals surface area (Å²) in [6.07, 6.45) is 0.0121. The fourth-order valence-corrected chi connectivity index (χ4v) is 5.53. The molecule has 2 aromatic carbocycles. The first-order chi connectivity index (χ1) is 16.3. The quantitative estimate of drug-likeness (QED) is 0.353. The van der Waals surface area contributed by atoms with Crippen molar-refractivity contribution in [3.8, 4) is 5.69 Å². The molecule has 34 heavy (non-hydrogen) atoms. The number of ether oxygens (including phenoxy) is 1. The van der Waals surface area contributed by atoms with Gasteiger partial charge in [0.2, 0.25) is 5.91 Å². The predicted octanol–water partition coefficient (Wildman–Crippen LogP) is 4.21. The number of aryl methyl sites for hydroxylation is 1. The molecule has 2 unspecified atom stereocenters. The van der Waals surface area contributed by atoms with E-state index in [2.05, 4.69) is 4.98 Å². The number of carbonyl (C=O) groups excluding carboxylic acids is 1. The summed E-state index contributed by atoms with van der Waals surface area (Å²) < 4.78 is 7.41. The van der Waals surface area contributed by atoms with Crippen molar-refractivity contribution in [3.05, 3.63) is 63.9 Å². The van der Waals surface area contributed by atoms with Crippen molar-refractivity contribution in [2.24, 2.45) is 0 Å². The Labute approximate surface area is 202 Å². The molecule has 8 heteroatoms. The smallest absolute Gasteiger partial charge is 0.283 e. The topological polar surface area (TPSA) is 80.2 Å². The molecule has 5 rings (SSSR count). The number of amides is 1. The third-order valence-corrected chi connectivity index (χ3v) is 7.33. The molecule has 2 atom stereocenters. The zero-order chi connectivity index (χ0) is 24.0. The van der Waals surface area contributed by atoms with Gasteiger partial charge in [-0.3, -0.25) is 14.2 Å². The highest BCUT2D eigenvalue weighted by atomic mass is 32.2. The molecule has 0 aliphatic carbocycles. The van der Waals surface area contributed by atoms with Gasteiger partial charge in [-0.25, -0.2) is 4.98 Å². The first-order valence-corrected chi connectivity index (χ1v) is 12.5. The maximum absolute atomic E-state index is 13.8. The second kappa shape index (κ2) is 8.92. The lowest BCUT2D eigenvalue weighted by molar-refractivity contribution is -0.140. The number of H-pyrrole nitrogens is 1. The molecule has 1 saturated heterocycles. The summed E-state index contributed by atoms with van der Waals surface area (Å²) in [6, 6.07) is 13.7. The van der Waals surface area contributed by atoms with Crippen LogP contribution in [-0.2, 0) is 9.53 Å². The maximum atomic E-state index is 13.8. The molecular formula is C26H28N4O3S. The van der Waals surface area contributed by atoms with E-state index < -0.39 is 0 Å². The van der Waals surface area contributed by atoms with Crippen molar-refractivity contribution >= 4 is 39.6 Å². The van der Waals surface area contributed by atoms with Gasteiger partial charge in [0.1, 0.15) is 11.0 Å². The third-order valence-electron chi connectivity index (χ3n) is 6.41. The van der Waals surface area contributed by atoms with Gasteiger partial charge < -0.3 is 14.6 Å². The van der Waals surface area contributed by atoms with Gasteiger partial charge in [0, 0.05) is 24.0 Å². The van der Waals surface area contributed by atoms with E-state index in [0.29, 0.717) is 29.3 Å². The summed E-state index contributed by atoms with van der Waals surface area (Å²) in [6.45, 7) is 9.13. The van der Waals surface area contributed by atoms with E-state index in [1.54, 1.807) is 4.57 Å². The SMILES string of the molecule is Cc1cccc(-n2c(SCC(=O)N3CC(C)OC(C)C3)nc3c([nH]c4ccccc43)c2=O)c1C. The van der Waals surface area contributed by atoms with Crippen molar-refractivity contribution in [2.45, 2.75) is 45.1 Å². The molecule has 1 aliphatic rings. The molecular weight excluding hydrogens is 448 g/mol. The number of rotatable bonds is 4. The van der Waals surface area contributed by atoms with Crippen LogP contribution in [0, 0.1) is 13.8 Å². The van der Waals surface area contributed by atoms with Gasteiger partial charge >= 0.3 is 0 Å². The molecule has 4 aromatic rings. The van der Waals surface area contributed by atoms with Crippen LogP contribution < -0.4 is 5.56 Å². The van der Waals surface area contributed by atoms with E-state index in [4.69, 9.17) is 9.72 Å². The molecule has 1 amide bonds. The number of benzene rings is 2. The summed E-state index contributed by atoms with van der Waals surface area (Å²) >= 11 is 1.31. The van der Waals surface area contributed by atoms with Crippen LogP contribution in [0.1, 0.15) is 25.0 Å². The minimum absolute atomic E-state index is 0.00604. The van der Waals surface area contributed by atoms with Crippen LogP contribution in [0.5, 0.6) is 0 Å². The van der Waals surface area contributed by atoms with Crippen molar-refractivity contribution in [3.63, 3.8) is 0 Å². The lowest BCUT2D eigenvalue weighted by Gasteiger charge is -2.35. The molecule has 1 fully saturated rings. The highest BCUT2D eigenvalue weighted by Gasteiger charge is 2.27. The number of fused-ring (bicyclic) bond motifs is 3. The number of para-hydroxylation sites is 1. The zero-order valence-electron chi connectivity index (χ0n) is 19.8. The van der Waals surface area contributed by atoms with Crippen LogP contribution in [0.15, 0.2) is 52.4 Å². The number of hydrogen-bond donors (Lipinski definition) is 1. The Balaban J connectivity index is 1.60. The van der Waals surface area contributed by atoms with Crippen LogP contribution >= 0.6 is 11.8 Å². The molecule has 176 valence electrons. The number of thioether (sulfide) groups is 1. The molecule has 2 aromatic heterocycles. The van der Waals surface area contributed by atoms with E-state index in [9.17, 15) is 9.59 Å². The number of aromatic amines is 1.